The number of hydrogen-bond acceptors (Lipinski definition) is 4. The van der Waals surface area contributed by atoms with E-state index in [1.165, 1.54) is 10.8 Å². The minimum absolute atomic E-state index is 0.0336. The highest BCUT2D eigenvalue weighted by Gasteiger charge is 2.27. The molecule has 0 fully saturated rings. The van der Waals surface area contributed by atoms with Crippen molar-refractivity contribution in [3.8, 4) is 0 Å². The van der Waals surface area contributed by atoms with Gasteiger partial charge in [0.15, 0.2) is 5.82 Å². The molecule has 0 amide bonds. The van der Waals surface area contributed by atoms with E-state index in [-0.39, 0.29) is 12.4 Å². The Balaban J connectivity index is 2.41. The summed E-state index contributed by atoms with van der Waals surface area (Å²) in [5, 5.41) is 19.8. The second-order valence-corrected chi connectivity index (χ2v) is 3.09. The number of aliphatic hydroxyl groups excluding tert-OH is 1. The fourth-order valence-corrected chi connectivity index (χ4v) is 1.55. The molecule has 0 aromatic carbocycles. The summed E-state index contributed by atoms with van der Waals surface area (Å²) < 4.78 is 1.47. The molecule has 0 saturated heterocycles. The van der Waals surface area contributed by atoms with Crippen LogP contribution in [-0.2, 0) is 13.0 Å². The van der Waals surface area contributed by atoms with Crippen molar-refractivity contribution >= 4 is 5.82 Å². The molecule has 1 aliphatic heterocycles. The molecule has 0 radical (unpaired) electrons. The highest BCUT2D eigenvalue weighted by atomic mass is 16.6. The molecule has 0 spiro atoms. The van der Waals surface area contributed by atoms with Crippen LogP contribution in [0.3, 0.4) is 0 Å². The van der Waals surface area contributed by atoms with Crippen LogP contribution in [0, 0.1) is 10.1 Å². The third-order valence-corrected chi connectivity index (χ3v) is 2.20. The number of nitrogens with zero attached hydrogens (tertiary/aromatic N) is 3. The van der Waals surface area contributed by atoms with Crippen LogP contribution < -0.4 is 0 Å². The molecule has 13 heavy (non-hydrogen) atoms. The first kappa shape index (κ1) is 8.18. The number of aryl methyl sites for hydroxylation is 1. The highest BCUT2D eigenvalue weighted by Crippen LogP contribution is 2.21. The first-order valence-electron chi connectivity index (χ1n) is 4.05. The van der Waals surface area contributed by atoms with E-state index in [1.54, 1.807) is 0 Å². The zero-order valence-electron chi connectivity index (χ0n) is 6.88. The molecule has 6 nitrogen and oxygen atoms in total. The number of aromatic nitrogens is 2. The van der Waals surface area contributed by atoms with Crippen LogP contribution in [0.1, 0.15) is 12.2 Å². The molecule has 0 aliphatic carbocycles. The van der Waals surface area contributed by atoms with Gasteiger partial charge in [-0.3, -0.25) is 0 Å². The molecular weight excluding hydrogens is 174 g/mol. The summed E-state index contributed by atoms with van der Waals surface area (Å²) in [7, 11) is 0. The van der Waals surface area contributed by atoms with Crippen LogP contribution in [0.2, 0.25) is 0 Å². The summed E-state index contributed by atoms with van der Waals surface area (Å²) in [4.78, 5) is 13.9. The zero-order valence-corrected chi connectivity index (χ0v) is 6.88. The van der Waals surface area contributed by atoms with Gasteiger partial charge in [-0.2, -0.15) is 0 Å². The Kier molecular flexibility index (Phi) is 1.77. The molecule has 1 aromatic rings. The molecule has 2 heterocycles. The largest absolute Gasteiger partial charge is 0.389 e. The Morgan fingerprint density at radius 1 is 1.77 bits per heavy atom. The third kappa shape index (κ3) is 1.29. The van der Waals surface area contributed by atoms with Crippen molar-refractivity contribution in [1.29, 1.82) is 0 Å². The number of aliphatic hydroxyl groups is 1. The molecule has 2 rings (SSSR count). The average molecular weight is 183 g/mol. The van der Waals surface area contributed by atoms with E-state index in [4.69, 9.17) is 0 Å². The Hall–Kier alpha value is -1.43. The number of rotatable bonds is 1. The van der Waals surface area contributed by atoms with Gasteiger partial charge in [-0.15, -0.1) is 0 Å². The van der Waals surface area contributed by atoms with Crippen LogP contribution >= 0.6 is 0 Å². The lowest BCUT2D eigenvalue weighted by atomic mass is 10.1. The summed E-state index contributed by atoms with van der Waals surface area (Å²) in [6.45, 7) is 0.283. The van der Waals surface area contributed by atoms with E-state index in [9.17, 15) is 15.2 Å². The highest BCUT2D eigenvalue weighted by molar-refractivity contribution is 5.20. The maximum Gasteiger partial charge on any atom is 0.342 e. The first-order chi connectivity index (χ1) is 6.18. The predicted molar refractivity (Wildman–Crippen MR) is 43.2 cm³/mol. The molecule has 1 aliphatic rings. The minimum atomic E-state index is -0.486. The molecule has 6 heteroatoms. The van der Waals surface area contributed by atoms with Gasteiger partial charge in [-0.05, 0) is 11.3 Å². The summed E-state index contributed by atoms with van der Waals surface area (Å²) >= 11 is 0. The van der Waals surface area contributed by atoms with E-state index < -0.39 is 11.0 Å². The molecular formula is C7H9N3O3. The van der Waals surface area contributed by atoms with Gasteiger partial charge in [0.1, 0.15) is 12.7 Å². The van der Waals surface area contributed by atoms with Gasteiger partial charge >= 0.3 is 5.82 Å². The number of fused-ring (bicyclic) bond motifs is 1. The fraction of sp³-hybridized carbons (Fsp3) is 0.571. The minimum Gasteiger partial charge on any atom is -0.389 e. The van der Waals surface area contributed by atoms with Gasteiger partial charge in [0, 0.05) is 6.42 Å². The maximum absolute atomic E-state index is 10.5. The summed E-state index contributed by atoms with van der Waals surface area (Å²) in [5.41, 5.74) is 0. The second kappa shape index (κ2) is 2.81. The number of nitro groups is 1. The van der Waals surface area contributed by atoms with E-state index in [0.29, 0.717) is 18.7 Å². The monoisotopic (exact) mass is 183 g/mol. The van der Waals surface area contributed by atoms with Crippen molar-refractivity contribution in [2.75, 3.05) is 0 Å². The molecule has 0 bridgehead atoms. The van der Waals surface area contributed by atoms with E-state index >= 15 is 0 Å². The molecule has 0 saturated carbocycles. The quantitative estimate of drug-likeness (QED) is 0.494. The van der Waals surface area contributed by atoms with Gasteiger partial charge in [-0.1, -0.05) is 0 Å². The Morgan fingerprint density at radius 2 is 2.54 bits per heavy atom. The maximum atomic E-state index is 10.5. The van der Waals surface area contributed by atoms with Crippen LogP contribution in [0.15, 0.2) is 6.20 Å². The van der Waals surface area contributed by atoms with Crippen molar-refractivity contribution in [3.05, 3.63) is 22.1 Å². The van der Waals surface area contributed by atoms with Crippen molar-refractivity contribution in [2.45, 2.75) is 25.5 Å². The molecule has 1 atom stereocenters. The van der Waals surface area contributed by atoms with Crippen molar-refractivity contribution < 1.29 is 10.0 Å². The zero-order chi connectivity index (χ0) is 9.42. The van der Waals surface area contributed by atoms with Crippen LogP contribution in [0.25, 0.3) is 0 Å². The SMILES string of the molecule is O=[N+]([O-])c1cnc2n1C[C@@H](O)CC2. The van der Waals surface area contributed by atoms with E-state index in [0.717, 1.165) is 0 Å². The van der Waals surface area contributed by atoms with Crippen LogP contribution in [-0.4, -0.2) is 25.7 Å². The van der Waals surface area contributed by atoms with Gasteiger partial charge in [0.2, 0.25) is 0 Å². The van der Waals surface area contributed by atoms with Gasteiger partial charge in [0.05, 0.1) is 6.10 Å². The van der Waals surface area contributed by atoms with Crippen molar-refractivity contribution in [2.24, 2.45) is 0 Å². The molecule has 70 valence electrons. The van der Waals surface area contributed by atoms with Crippen LogP contribution in [0.4, 0.5) is 5.82 Å². The summed E-state index contributed by atoms with van der Waals surface area (Å²) in [6, 6.07) is 0. The summed E-state index contributed by atoms with van der Waals surface area (Å²) in [6.07, 6.45) is 2.00. The number of imidazole rings is 1. The van der Waals surface area contributed by atoms with Crippen molar-refractivity contribution in [3.63, 3.8) is 0 Å². The Bertz CT molecular complexity index is 347. The lowest BCUT2D eigenvalue weighted by molar-refractivity contribution is -0.392. The topological polar surface area (TPSA) is 81.2 Å². The van der Waals surface area contributed by atoms with Crippen molar-refractivity contribution in [1.82, 2.24) is 9.55 Å². The van der Waals surface area contributed by atoms with Gasteiger partial charge in [-0.25, -0.2) is 9.55 Å². The molecule has 1 aromatic heterocycles. The lowest BCUT2D eigenvalue weighted by Gasteiger charge is -2.14. The normalized spacial score (nSPS) is 21.2. The predicted octanol–water partition coefficient (Wildman–Crippen LogP) is 0.0984. The standard InChI is InChI=1S/C7H9N3O3/c11-5-1-2-6-8-3-7(10(12)13)9(6)4-5/h3,5,11H,1-2,4H2/t5-/m0/s1. The summed E-state index contributed by atoms with van der Waals surface area (Å²) in [5.74, 6) is 0.658. The van der Waals surface area contributed by atoms with Crippen LogP contribution in [0.5, 0.6) is 0 Å². The lowest BCUT2D eigenvalue weighted by Crippen LogP contribution is -2.25. The number of hydrogen-bond donors (Lipinski definition) is 1. The van der Waals surface area contributed by atoms with E-state index in [2.05, 4.69) is 4.98 Å². The third-order valence-electron chi connectivity index (χ3n) is 2.20. The van der Waals surface area contributed by atoms with E-state index in [1.807, 2.05) is 0 Å². The average Bonchev–Trinajstić information content (AvgIpc) is 2.46. The Labute approximate surface area is 74.0 Å². The molecule has 0 unspecified atom stereocenters. The first-order valence-corrected chi connectivity index (χ1v) is 4.05. The second-order valence-electron chi connectivity index (χ2n) is 3.09. The van der Waals surface area contributed by atoms with Gasteiger partial charge < -0.3 is 15.2 Å². The smallest absolute Gasteiger partial charge is 0.342 e. The molecule has 1 N–H and O–H groups in total. The fourth-order valence-electron chi connectivity index (χ4n) is 1.55. The Morgan fingerprint density at radius 3 is 3.23 bits per heavy atom. The van der Waals surface area contributed by atoms with Gasteiger partial charge in [0.25, 0.3) is 0 Å².